The number of nitrogens with zero attached hydrogens (tertiary/aromatic N) is 2. The lowest BCUT2D eigenvalue weighted by Gasteiger charge is -2.11. The molecule has 3 rings (SSSR count). The zero-order chi connectivity index (χ0) is 14.2. The Morgan fingerprint density at radius 2 is 1.75 bits per heavy atom. The van der Waals surface area contributed by atoms with Gasteiger partial charge in [-0.05, 0) is 35.8 Å². The minimum atomic E-state index is -3.87. The predicted molar refractivity (Wildman–Crippen MR) is 76.2 cm³/mol. The van der Waals surface area contributed by atoms with Crippen molar-refractivity contribution in [3.8, 4) is 0 Å². The summed E-state index contributed by atoms with van der Waals surface area (Å²) < 4.78 is 41.5. The summed E-state index contributed by atoms with van der Waals surface area (Å²) in [6, 6.07) is 11.8. The van der Waals surface area contributed by atoms with Gasteiger partial charge < -0.3 is 9.71 Å². The molecule has 3 aromatic rings. The highest BCUT2D eigenvalue weighted by Crippen LogP contribution is 2.34. The van der Waals surface area contributed by atoms with Crippen molar-refractivity contribution in [1.29, 1.82) is 0 Å². The summed E-state index contributed by atoms with van der Waals surface area (Å²) in [5.41, 5.74) is 0.700. The van der Waals surface area contributed by atoms with Crippen LogP contribution in [0, 0.1) is 5.82 Å². The highest BCUT2D eigenvalue weighted by atomic mass is 32.2. The molecule has 0 aliphatic carbocycles. The first-order chi connectivity index (χ1) is 9.54. The molecule has 0 unspecified atom stereocenters. The smallest absolute Gasteiger partial charge is 0.202 e. The van der Waals surface area contributed by atoms with Crippen LogP contribution in [0.3, 0.4) is 0 Å². The van der Waals surface area contributed by atoms with Crippen LogP contribution in [-0.4, -0.2) is 13.4 Å². The fourth-order valence-corrected chi connectivity index (χ4v) is 3.64. The number of rotatable bonds is 3. The van der Waals surface area contributed by atoms with Crippen LogP contribution in [0.2, 0.25) is 0 Å². The molecule has 0 saturated carbocycles. The molecule has 2 aromatic carbocycles. The van der Waals surface area contributed by atoms with Gasteiger partial charge in [0.05, 0.1) is 4.90 Å². The van der Waals surface area contributed by atoms with Crippen molar-refractivity contribution in [2.75, 3.05) is 0 Å². The number of thiazole rings is 1. The van der Waals surface area contributed by atoms with Gasteiger partial charge in [0, 0.05) is 9.83 Å². The molecular formula is C13H8FN2O2S2-. The molecule has 20 heavy (non-hydrogen) atoms. The number of halogens is 1. The van der Waals surface area contributed by atoms with Crippen LogP contribution in [-0.2, 0) is 10.0 Å². The Labute approximate surface area is 119 Å². The van der Waals surface area contributed by atoms with E-state index in [0.717, 1.165) is 16.8 Å². The average molecular weight is 307 g/mol. The number of hydrogen-bond acceptors (Lipinski definition) is 4. The molecule has 4 nitrogen and oxygen atoms in total. The molecule has 0 saturated heterocycles. The van der Waals surface area contributed by atoms with Crippen molar-refractivity contribution in [2.45, 2.75) is 4.90 Å². The van der Waals surface area contributed by atoms with Crippen LogP contribution < -0.4 is 0 Å². The van der Waals surface area contributed by atoms with E-state index in [1.807, 2.05) is 18.2 Å². The zero-order valence-corrected chi connectivity index (χ0v) is 11.7. The highest BCUT2D eigenvalue weighted by Gasteiger charge is 2.10. The molecular weight excluding hydrogens is 299 g/mol. The van der Waals surface area contributed by atoms with Gasteiger partial charge >= 0.3 is 0 Å². The van der Waals surface area contributed by atoms with Gasteiger partial charge in [-0.15, -0.1) is 11.3 Å². The standard InChI is InChI=1S/C13H8FN2O2S2/c14-9-5-7-10(8-6-9)20(17,18)16-13-15-11-3-1-2-4-12(11)19-13/h1-8H/q-1. The normalized spacial score (nSPS) is 11.7. The maximum Gasteiger partial charge on any atom is 0.202 e. The minimum Gasteiger partial charge on any atom is -0.426 e. The summed E-state index contributed by atoms with van der Waals surface area (Å²) in [7, 11) is -3.87. The monoisotopic (exact) mass is 307 g/mol. The minimum absolute atomic E-state index is 0.0573. The SMILES string of the molecule is O=S(=O)([N-]c1nc2ccccc2s1)c1ccc(F)cc1. The number of aromatic nitrogens is 1. The van der Waals surface area contributed by atoms with Gasteiger partial charge in [-0.3, -0.25) is 0 Å². The molecule has 0 aliphatic rings. The summed E-state index contributed by atoms with van der Waals surface area (Å²) in [4.78, 5) is 4.08. The van der Waals surface area contributed by atoms with Gasteiger partial charge in [0.25, 0.3) is 0 Å². The molecule has 0 amide bonds. The second-order valence-corrected chi connectivity index (χ2v) is 6.60. The number of sulfonamides is 1. The van der Waals surface area contributed by atoms with Crippen LogP contribution in [0.15, 0.2) is 53.4 Å². The van der Waals surface area contributed by atoms with Crippen molar-refractivity contribution in [3.05, 3.63) is 59.1 Å². The fraction of sp³-hybridized carbons (Fsp3) is 0. The second kappa shape index (κ2) is 4.84. The summed E-state index contributed by atoms with van der Waals surface area (Å²) in [6.45, 7) is 0. The lowest BCUT2D eigenvalue weighted by atomic mass is 10.3. The topological polar surface area (TPSA) is 61.1 Å². The Morgan fingerprint density at radius 3 is 2.45 bits per heavy atom. The van der Waals surface area contributed by atoms with E-state index in [2.05, 4.69) is 9.71 Å². The summed E-state index contributed by atoms with van der Waals surface area (Å²) >= 11 is 1.19. The van der Waals surface area contributed by atoms with Crippen molar-refractivity contribution < 1.29 is 12.8 Å². The first kappa shape index (κ1) is 13.0. The van der Waals surface area contributed by atoms with Crippen molar-refractivity contribution in [3.63, 3.8) is 0 Å². The van der Waals surface area contributed by atoms with E-state index in [-0.39, 0.29) is 10.0 Å². The first-order valence-electron chi connectivity index (χ1n) is 5.64. The van der Waals surface area contributed by atoms with Gasteiger partial charge in [-0.2, -0.15) is 0 Å². The molecule has 0 spiro atoms. The summed E-state index contributed by atoms with van der Waals surface area (Å²) in [6.07, 6.45) is 0. The maximum absolute atomic E-state index is 12.8. The molecule has 102 valence electrons. The molecule has 0 N–H and O–H groups in total. The molecule has 1 aromatic heterocycles. The Kier molecular flexibility index (Phi) is 3.15. The van der Waals surface area contributed by atoms with E-state index < -0.39 is 15.8 Å². The molecule has 0 fully saturated rings. The molecule has 0 bridgehead atoms. The fourth-order valence-electron chi connectivity index (χ4n) is 1.66. The van der Waals surface area contributed by atoms with Crippen LogP contribution in [0.25, 0.3) is 14.9 Å². The van der Waals surface area contributed by atoms with E-state index in [0.29, 0.717) is 5.52 Å². The Balaban J connectivity index is 1.94. The van der Waals surface area contributed by atoms with Gasteiger partial charge in [0.2, 0.25) is 10.0 Å². The lowest BCUT2D eigenvalue weighted by Crippen LogP contribution is -1.97. The molecule has 0 radical (unpaired) electrons. The van der Waals surface area contributed by atoms with E-state index >= 15 is 0 Å². The third kappa shape index (κ3) is 2.50. The number of para-hydroxylation sites is 1. The number of hydrogen-bond donors (Lipinski definition) is 0. The number of fused-ring (bicyclic) bond motifs is 1. The van der Waals surface area contributed by atoms with E-state index in [1.54, 1.807) is 6.07 Å². The maximum atomic E-state index is 12.8. The molecule has 0 aliphatic heterocycles. The van der Waals surface area contributed by atoms with E-state index in [9.17, 15) is 12.8 Å². The average Bonchev–Trinajstić information content (AvgIpc) is 2.80. The van der Waals surface area contributed by atoms with E-state index in [1.165, 1.54) is 23.5 Å². The summed E-state index contributed by atoms with van der Waals surface area (Å²) in [5.74, 6) is -0.496. The van der Waals surface area contributed by atoms with Crippen molar-refractivity contribution >= 4 is 36.7 Å². The molecule has 1 heterocycles. The molecule has 7 heteroatoms. The quantitative estimate of drug-likeness (QED) is 0.739. The van der Waals surface area contributed by atoms with Crippen LogP contribution >= 0.6 is 11.3 Å². The zero-order valence-electron chi connectivity index (χ0n) is 10.0. The Hall–Kier alpha value is -1.99. The van der Waals surface area contributed by atoms with Crippen molar-refractivity contribution in [1.82, 2.24) is 4.98 Å². The van der Waals surface area contributed by atoms with Crippen LogP contribution in [0.4, 0.5) is 9.52 Å². The van der Waals surface area contributed by atoms with Crippen LogP contribution in [0.5, 0.6) is 0 Å². The van der Waals surface area contributed by atoms with Crippen molar-refractivity contribution in [2.24, 2.45) is 0 Å². The predicted octanol–water partition coefficient (Wildman–Crippen LogP) is 3.83. The van der Waals surface area contributed by atoms with Gasteiger partial charge in [0.15, 0.2) is 0 Å². The third-order valence-corrected chi connectivity index (χ3v) is 4.92. The van der Waals surface area contributed by atoms with E-state index in [4.69, 9.17) is 0 Å². The van der Waals surface area contributed by atoms with Gasteiger partial charge in [-0.1, -0.05) is 18.2 Å². The second-order valence-electron chi connectivity index (χ2n) is 3.98. The van der Waals surface area contributed by atoms with Gasteiger partial charge in [-0.25, -0.2) is 12.8 Å². The largest absolute Gasteiger partial charge is 0.426 e. The highest BCUT2D eigenvalue weighted by molar-refractivity contribution is 7.94. The Bertz CT molecular complexity index is 824. The Morgan fingerprint density at radius 1 is 1.05 bits per heavy atom. The molecule has 0 atom stereocenters. The number of benzene rings is 2. The summed E-state index contributed by atoms with van der Waals surface area (Å²) in [5, 5.41) is 0.163. The first-order valence-corrected chi connectivity index (χ1v) is 7.89. The lowest BCUT2D eigenvalue weighted by molar-refractivity contribution is 0.601. The van der Waals surface area contributed by atoms with Gasteiger partial charge in [0.1, 0.15) is 5.82 Å². The third-order valence-electron chi connectivity index (χ3n) is 2.59. The van der Waals surface area contributed by atoms with Crippen LogP contribution in [0.1, 0.15) is 0 Å².